The fourth-order valence-corrected chi connectivity index (χ4v) is 2.15. The van der Waals surface area contributed by atoms with E-state index in [-0.39, 0.29) is 5.92 Å². The molecule has 0 aliphatic carbocycles. The predicted molar refractivity (Wildman–Crippen MR) is 68.5 cm³/mol. The fraction of sp³-hybridized carbons (Fsp3) is 0.417. The summed E-state index contributed by atoms with van der Waals surface area (Å²) >= 11 is 1.50. The fourth-order valence-electron chi connectivity index (χ4n) is 1.16. The molecule has 0 aliphatic rings. The Bertz CT molecular complexity index is 419. The second kappa shape index (κ2) is 7.00. The first-order valence-corrected chi connectivity index (χ1v) is 6.54. The normalized spacial score (nSPS) is 11.9. The van der Waals surface area contributed by atoms with E-state index in [0.29, 0.717) is 17.1 Å². The minimum atomic E-state index is -0.795. The summed E-state index contributed by atoms with van der Waals surface area (Å²) in [5, 5.41) is 8.72. The quantitative estimate of drug-likeness (QED) is 0.794. The van der Waals surface area contributed by atoms with Gasteiger partial charge in [-0.25, -0.2) is 4.79 Å². The van der Waals surface area contributed by atoms with Gasteiger partial charge in [0.2, 0.25) is 0 Å². The molecule has 6 heteroatoms. The molecule has 0 saturated carbocycles. The van der Waals surface area contributed by atoms with E-state index in [1.807, 2.05) is 0 Å². The number of hydrogen-bond donors (Lipinski definition) is 1. The first-order chi connectivity index (χ1) is 8.54. The van der Waals surface area contributed by atoms with Gasteiger partial charge in [-0.2, -0.15) is 11.8 Å². The van der Waals surface area contributed by atoms with Crippen molar-refractivity contribution in [1.82, 2.24) is 4.98 Å². The molecule has 0 fully saturated rings. The average Bonchev–Trinajstić information content (AvgIpc) is 2.38. The highest BCUT2D eigenvalue weighted by Crippen LogP contribution is 2.14. The third-order valence-electron chi connectivity index (χ3n) is 2.29. The smallest absolute Gasteiger partial charge is 0.339 e. The van der Waals surface area contributed by atoms with E-state index < -0.39 is 11.9 Å². The number of aliphatic carboxylic acids is 1. The summed E-state index contributed by atoms with van der Waals surface area (Å²) < 4.78 is 4.57. The lowest BCUT2D eigenvalue weighted by Gasteiger charge is -2.05. The second-order valence-corrected chi connectivity index (χ2v) is 4.81. The topological polar surface area (TPSA) is 76.5 Å². The Labute approximate surface area is 110 Å². The third-order valence-corrected chi connectivity index (χ3v) is 3.52. The first kappa shape index (κ1) is 14.5. The van der Waals surface area contributed by atoms with Gasteiger partial charge >= 0.3 is 11.9 Å². The van der Waals surface area contributed by atoms with Crippen LogP contribution in [0.15, 0.2) is 18.3 Å². The number of ether oxygens (including phenoxy) is 1. The van der Waals surface area contributed by atoms with Gasteiger partial charge in [0.25, 0.3) is 0 Å². The van der Waals surface area contributed by atoms with E-state index in [1.54, 1.807) is 19.1 Å². The highest BCUT2D eigenvalue weighted by atomic mass is 32.2. The lowest BCUT2D eigenvalue weighted by Crippen LogP contribution is -2.11. The van der Waals surface area contributed by atoms with Crippen molar-refractivity contribution < 1.29 is 19.4 Å². The summed E-state index contributed by atoms with van der Waals surface area (Å²) in [5.41, 5.74) is 1.22. The molecule has 18 heavy (non-hydrogen) atoms. The third kappa shape index (κ3) is 4.37. The molecule has 1 rings (SSSR count). The van der Waals surface area contributed by atoms with Crippen molar-refractivity contribution in [3.63, 3.8) is 0 Å². The molecule has 0 bridgehead atoms. The lowest BCUT2D eigenvalue weighted by atomic mass is 10.2. The van der Waals surface area contributed by atoms with Crippen LogP contribution >= 0.6 is 11.8 Å². The van der Waals surface area contributed by atoms with Gasteiger partial charge in [0, 0.05) is 17.7 Å². The molecule has 0 radical (unpaired) electrons. The van der Waals surface area contributed by atoms with Crippen molar-refractivity contribution in [2.75, 3.05) is 12.9 Å². The van der Waals surface area contributed by atoms with E-state index in [0.717, 1.165) is 5.69 Å². The van der Waals surface area contributed by atoms with E-state index in [2.05, 4.69) is 9.72 Å². The number of nitrogens with zero attached hydrogens (tertiary/aromatic N) is 1. The summed E-state index contributed by atoms with van der Waals surface area (Å²) in [6.07, 6.45) is 1.46. The molecule has 1 aromatic heterocycles. The minimum absolute atomic E-state index is 0.371. The molecule has 1 atom stereocenters. The number of esters is 1. The molecule has 0 aliphatic heterocycles. The summed E-state index contributed by atoms with van der Waals surface area (Å²) in [5.74, 6) is -0.420. The number of carbonyl (C=O) groups excluding carboxylic acids is 1. The van der Waals surface area contributed by atoms with Crippen LogP contribution in [0, 0.1) is 5.92 Å². The van der Waals surface area contributed by atoms with Gasteiger partial charge in [-0.05, 0) is 12.1 Å². The zero-order chi connectivity index (χ0) is 13.5. The van der Waals surface area contributed by atoms with Gasteiger partial charge < -0.3 is 9.84 Å². The molecule has 0 saturated heterocycles. The number of methoxy groups -OCH3 is 1. The molecule has 1 unspecified atom stereocenters. The van der Waals surface area contributed by atoms with Crippen LogP contribution in [0.5, 0.6) is 0 Å². The molecule has 1 N–H and O–H groups in total. The molecule has 1 aromatic rings. The van der Waals surface area contributed by atoms with E-state index in [9.17, 15) is 9.59 Å². The summed E-state index contributed by atoms with van der Waals surface area (Å²) in [6, 6.07) is 3.39. The molecular formula is C12H15NO4S. The van der Waals surface area contributed by atoms with Gasteiger partial charge in [-0.1, -0.05) is 6.92 Å². The molecule has 0 amide bonds. The number of hydrogen-bond acceptors (Lipinski definition) is 5. The highest BCUT2D eigenvalue weighted by molar-refractivity contribution is 7.98. The molecule has 5 nitrogen and oxygen atoms in total. The van der Waals surface area contributed by atoms with E-state index in [4.69, 9.17) is 5.11 Å². The van der Waals surface area contributed by atoms with Crippen LogP contribution < -0.4 is 0 Å². The van der Waals surface area contributed by atoms with Crippen molar-refractivity contribution >= 4 is 23.7 Å². The highest BCUT2D eigenvalue weighted by Gasteiger charge is 2.11. The minimum Gasteiger partial charge on any atom is -0.481 e. The van der Waals surface area contributed by atoms with Crippen molar-refractivity contribution in [1.29, 1.82) is 0 Å². The number of carboxylic acid groups (broad SMARTS) is 1. The summed E-state index contributed by atoms with van der Waals surface area (Å²) in [6.45, 7) is 1.67. The SMILES string of the molecule is COC(=O)c1ccc(CSCC(C)C(=O)O)nc1. The standard InChI is InChI=1S/C12H15NO4S/c1-8(11(14)15)6-18-7-10-4-3-9(5-13-10)12(16)17-2/h3-5,8H,6-7H2,1-2H3,(H,14,15). The average molecular weight is 269 g/mol. The van der Waals surface area contributed by atoms with Crippen LogP contribution in [0.3, 0.4) is 0 Å². The van der Waals surface area contributed by atoms with Crippen molar-refractivity contribution in [3.8, 4) is 0 Å². The molecule has 0 aromatic carbocycles. The van der Waals surface area contributed by atoms with Gasteiger partial charge in [0.15, 0.2) is 0 Å². The number of carboxylic acids is 1. The van der Waals surface area contributed by atoms with Crippen LogP contribution in [0.2, 0.25) is 0 Å². The van der Waals surface area contributed by atoms with Crippen LogP contribution in [0.4, 0.5) is 0 Å². The summed E-state index contributed by atoms with van der Waals surface area (Å²) in [4.78, 5) is 25.9. The lowest BCUT2D eigenvalue weighted by molar-refractivity contribution is -0.140. The van der Waals surface area contributed by atoms with Crippen molar-refractivity contribution in [3.05, 3.63) is 29.6 Å². The Morgan fingerprint density at radius 2 is 2.22 bits per heavy atom. The molecule has 98 valence electrons. The van der Waals surface area contributed by atoms with Crippen molar-refractivity contribution in [2.24, 2.45) is 5.92 Å². The Morgan fingerprint density at radius 3 is 2.72 bits per heavy atom. The van der Waals surface area contributed by atoms with Crippen molar-refractivity contribution in [2.45, 2.75) is 12.7 Å². The largest absolute Gasteiger partial charge is 0.481 e. The Morgan fingerprint density at radius 1 is 1.50 bits per heavy atom. The van der Waals surface area contributed by atoms with E-state index >= 15 is 0 Å². The number of aromatic nitrogens is 1. The zero-order valence-electron chi connectivity index (χ0n) is 10.3. The molecular weight excluding hydrogens is 254 g/mol. The van der Waals surface area contributed by atoms with Gasteiger partial charge in [-0.3, -0.25) is 9.78 Å². The number of pyridine rings is 1. The molecule has 0 spiro atoms. The van der Waals surface area contributed by atoms with E-state index in [1.165, 1.54) is 25.1 Å². The van der Waals surface area contributed by atoms with Crippen LogP contribution in [-0.2, 0) is 15.3 Å². The van der Waals surface area contributed by atoms with Gasteiger partial charge in [0.1, 0.15) is 0 Å². The van der Waals surface area contributed by atoms with Crippen LogP contribution in [0.25, 0.3) is 0 Å². The Balaban J connectivity index is 2.44. The Kier molecular flexibility index (Phi) is 5.64. The number of rotatable bonds is 6. The maximum atomic E-state index is 11.2. The zero-order valence-corrected chi connectivity index (χ0v) is 11.1. The molecule has 1 heterocycles. The van der Waals surface area contributed by atoms with Crippen LogP contribution in [-0.4, -0.2) is 34.9 Å². The Hall–Kier alpha value is -1.56. The predicted octanol–water partition coefficient (Wildman–Crippen LogP) is 1.82. The first-order valence-electron chi connectivity index (χ1n) is 5.38. The van der Waals surface area contributed by atoms with Crippen LogP contribution in [0.1, 0.15) is 23.0 Å². The van der Waals surface area contributed by atoms with Gasteiger partial charge in [-0.15, -0.1) is 0 Å². The second-order valence-electron chi connectivity index (χ2n) is 3.78. The maximum absolute atomic E-state index is 11.2. The number of carbonyl (C=O) groups is 2. The summed E-state index contributed by atoms with van der Waals surface area (Å²) in [7, 11) is 1.32. The number of thioether (sulfide) groups is 1. The monoisotopic (exact) mass is 269 g/mol. The van der Waals surface area contributed by atoms with Gasteiger partial charge in [0.05, 0.1) is 24.3 Å². The maximum Gasteiger partial charge on any atom is 0.339 e.